The highest BCUT2D eigenvalue weighted by Gasteiger charge is 2.13. The first-order chi connectivity index (χ1) is 12.1. The minimum atomic E-state index is -0.223. The van der Waals surface area contributed by atoms with E-state index in [0.29, 0.717) is 5.69 Å². The van der Waals surface area contributed by atoms with Crippen LogP contribution in [0, 0.1) is 0 Å². The van der Waals surface area contributed by atoms with Crippen molar-refractivity contribution in [2.75, 3.05) is 33.1 Å². The minimum Gasteiger partial charge on any atom is -0.496 e. The number of ether oxygens (including phenoxy) is 1. The Kier molecular flexibility index (Phi) is 5.00. The van der Waals surface area contributed by atoms with Crippen molar-refractivity contribution in [2.24, 2.45) is 0 Å². The molecule has 1 aromatic heterocycles. The number of nitrogens with one attached hydrogen (secondary N) is 1. The first-order valence-electron chi connectivity index (χ1n) is 8.14. The Balaban J connectivity index is 1.81. The summed E-state index contributed by atoms with van der Waals surface area (Å²) < 4.78 is 7.17. The molecule has 0 saturated carbocycles. The van der Waals surface area contributed by atoms with Crippen LogP contribution in [0.5, 0.6) is 5.75 Å². The molecule has 6 heteroatoms. The largest absolute Gasteiger partial charge is 0.496 e. The number of carbonyl (C=O) groups is 1. The summed E-state index contributed by atoms with van der Waals surface area (Å²) in [7, 11) is 5.65. The predicted molar refractivity (Wildman–Crippen MR) is 99.2 cm³/mol. The number of rotatable bonds is 6. The molecule has 1 heterocycles. The monoisotopic (exact) mass is 338 g/mol. The lowest BCUT2D eigenvalue weighted by atomic mass is 10.1. The second-order valence-electron chi connectivity index (χ2n) is 6.08. The van der Waals surface area contributed by atoms with Gasteiger partial charge in [0.15, 0.2) is 5.69 Å². The molecule has 0 fully saturated rings. The topological polar surface area (TPSA) is 59.4 Å². The Morgan fingerprint density at radius 1 is 1.16 bits per heavy atom. The number of aromatic nitrogens is 2. The number of nitrogens with zero attached hydrogens (tertiary/aromatic N) is 3. The summed E-state index contributed by atoms with van der Waals surface area (Å²) in [6, 6.07) is 13.3. The quantitative estimate of drug-likeness (QED) is 0.751. The molecule has 1 N–H and O–H groups in total. The number of benzene rings is 2. The summed E-state index contributed by atoms with van der Waals surface area (Å²) in [6.45, 7) is 1.61. The van der Waals surface area contributed by atoms with Gasteiger partial charge in [0, 0.05) is 29.2 Å². The van der Waals surface area contributed by atoms with Crippen molar-refractivity contribution in [2.45, 2.75) is 6.54 Å². The first-order valence-corrected chi connectivity index (χ1v) is 8.14. The zero-order chi connectivity index (χ0) is 17.8. The van der Waals surface area contributed by atoms with Crippen molar-refractivity contribution in [1.29, 1.82) is 0 Å². The smallest absolute Gasteiger partial charge is 0.276 e. The Labute approximate surface area is 147 Å². The number of hydrogen-bond donors (Lipinski definition) is 1. The molecule has 0 saturated heterocycles. The summed E-state index contributed by atoms with van der Waals surface area (Å²) in [5.74, 6) is 0.556. The average Bonchev–Trinajstić information content (AvgIpc) is 3.09. The summed E-state index contributed by atoms with van der Waals surface area (Å²) in [5, 5.41) is 9.19. The van der Waals surface area contributed by atoms with Gasteiger partial charge in [-0.1, -0.05) is 24.3 Å². The summed E-state index contributed by atoms with van der Waals surface area (Å²) in [6.07, 6.45) is 1.82. The fraction of sp³-hybridized carbons (Fsp3) is 0.263. The van der Waals surface area contributed by atoms with Crippen LogP contribution in [-0.4, -0.2) is 48.3 Å². The molecule has 3 aromatic rings. The van der Waals surface area contributed by atoms with Crippen LogP contribution in [0.15, 0.2) is 48.7 Å². The number of anilines is 1. The normalized spacial score (nSPS) is 11.0. The predicted octanol–water partition coefficient (Wildman–Crippen LogP) is 2.86. The van der Waals surface area contributed by atoms with Gasteiger partial charge >= 0.3 is 0 Å². The molecule has 0 bridgehead atoms. The molecule has 1 amide bonds. The van der Waals surface area contributed by atoms with E-state index in [1.165, 1.54) is 0 Å². The first kappa shape index (κ1) is 17.0. The fourth-order valence-electron chi connectivity index (χ4n) is 2.65. The van der Waals surface area contributed by atoms with Gasteiger partial charge in [0.1, 0.15) is 5.75 Å². The molecular weight excluding hydrogens is 316 g/mol. The van der Waals surface area contributed by atoms with Gasteiger partial charge in [-0.15, -0.1) is 0 Å². The van der Waals surface area contributed by atoms with Crippen LogP contribution in [0.4, 0.5) is 5.69 Å². The van der Waals surface area contributed by atoms with Crippen LogP contribution < -0.4 is 10.1 Å². The van der Waals surface area contributed by atoms with Gasteiger partial charge in [0.05, 0.1) is 13.7 Å². The summed E-state index contributed by atoms with van der Waals surface area (Å²) in [4.78, 5) is 14.6. The van der Waals surface area contributed by atoms with Crippen LogP contribution >= 0.6 is 0 Å². The number of amides is 1. The van der Waals surface area contributed by atoms with Crippen LogP contribution in [0.2, 0.25) is 0 Å². The lowest BCUT2D eigenvalue weighted by molar-refractivity contribution is 0.102. The Bertz CT molecular complexity index is 886. The minimum absolute atomic E-state index is 0.223. The highest BCUT2D eigenvalue weighted by atomic mass is 16.5. The van der Waals surface area contributed by atoms with Crippen LogP contribution in [0.1, 0.15) is 10.5 Å². The number of methoxy groups -OCH3 is 1. The maximum Gasteiger partial charge on any atom is 0.276 e. The van der Waals surface area contributed by atoms with Gasteiger partial charge in [0.2, 0.25) is 0 Å². The molecule has 0 atom stereocenters. The van der Waals surface area contributed by atoms with E-state index < -0.39 is 0 Å². The van der Waals surface area contributed by atoms with Crippen molar-refractivity contribution in [3.05, 3.63) is 54.4 Å². The van der Waals surface area contributed by atoms with E-state index in [1.54, 1.807) is 17.9 Å². The van der Waals surface area contributed by atoms with Gasteiger partial charge < -0.3 is 15.0 Å². The Morgan fingerprint density at radius 3 is 2.64 bits per heavy atom. The van der Waals surface area contributed by atoms with Crippen LogP contribution in [0.3, 0.4) is 0 Å². The van der Waals surface area contributed by atoms with Crippen molar-refractivity contribution >= 4 is 22.4 Å². The highest BCUT2D eigenvalue weighted by molar-refractivity contribution is 6.09. The van der Waals surface area contributed by atoms with Gasteiger partial charge in [-0.3, -0.25) is 9.48 Å². The third-order valence-electron chi connectivity index (χ3n) is 4.00. The average molecular weight is 338 g/mol. The molecule has 0 aliphatic heterocycles. The van der Waals surface area contributed by atoms with E-state index in [9.17, 15) is 4.79 Å². The van der Waals surface area contributed by atoms with Gasteiger partial charge in [0.25, 0.3) is 5.91 Å². The SMILES string of the molecule is COc1ccc(NC(=O)c2ccn(CCN(C)C)n2)c2ccccc12. The third-order valence-corrected chi connectivity index (χ3v) is 4.00. The molecule has 0 aliphatic carbocycles. The molecule has 0 unspecified atom stereocenters. The molecule has 0 aliphatic rings. The number of hydrogen-bond acceptors (Lipinski definition) is 4. The highest BCUT2D eigenvalue weighted by Crippen LogP contribution is 2.31. The van der Waals surface area contributed by atoms with Crippen molar-refractivity contribution < 1.29 is 9.53 Å². The van der Waals surface area contributed by atoms with E-state index >= 15 is 0 Å². The molecule has 130 valence electrons. The zero-order valence-electron chi connectivity index (χ0n) is 14.7. The van der Waals surface area contributed by atoms with Crippen LogP contribution in [-0.2, 0) is 6.54 Å². The molecule has 3 rings (SSSR count). The van der Waals surface area contributed by atoms with Crippen molar-refractivity contribution in [3.8, 4) is 5.75 Å². The second kappa shape index (κ2) is 7.36. The van der Waals surface area contributed by atoms with Gasteiger partial charge in [-0.25, -0.2) is 0 Å². The molecule has 6 nitrogen and oxygen atoms in total. The Hall–Kier alpha value is -2.86. The van der Waals surface area contributed by atoms with E-state index in [4.69, 9.17) is 4.74 Å². The summed E-state index contributed by atoms with van der Waals surface area (Å²) in [5.41, 5.74) is 1.14. The van der Waals surface area contributed by atoms with E-state index in [2.05, 4.69) is 15.3 Å². The molecule has 2 aromatic carbocycles. The Morgan fingerprint density at radius 2 is 1.92 bits per heavy atom. The van der Waals surface area contributed by atoms with Crippen molar-refractivity contribution in [1.82, 2.24) is 14.7 Å². The fourth-order valence-corrected chi connectivity index (χ4v) is 2.65. The van der Waals surface area contributed by atoms with E-state index in [1.807, 2.05) is 56.7 Å². The van der Waals surface area contributed by atoms with E-state index in [0.717, 1.165) is 35.3 Å². The molecule has 0 radical (unpaired) electrons. The van der Waals surface area contributed by atoms with Crippen molar-refractivity contribution in [3.63, 3.8) is 0 Å². The van der Waals surface area contributed by atoms with Crippen LogP contribution in [0.25, 0.3) is 10.8 Å². The zero-order valence-corrected chi connectivity index (χ0v) is 14.7. The number of carbonyl (C=O) groups excluding carboxylic acids is 1. The summed E-state index contributed by atoms with van der Waals surface area (Å²) >= 11 is 0. The third kappa shape index (κ3) is 3.80. The second-order valence-corrected chi connectivity index (χ2v) is 6.08. The maximum atomic E-state index is 12.5. The van der Waals surface area contributed by atoms with Gasteiger partial charge in [-0.05, 0) is 32.3 Å². The number of fused-ring (bicyclic) bond motifs is 1. The number of likely N-dealkylation sites (N-methyl/N-ethyl adjacent to an activating group) is 1. The lowest BCUT2D eigenvalue weighted by Gasteiger charge is -2.11. The van der Waals surface area contributed by atoms with Gasteiger partial charge in [-0.2, -0.15) is 5.10 Å². The molecular formula is C19H22N4O2. The van der Waals surface area contributed by atoms with E-state index in [-0.39, 0.29) is 5.91 Å². The standard InChI is InChI=1S/C19H22N4O2/c1-22(2)12-13-23-11-10-17(21-23)19(24)20-16-8-9-18(25-3)15-7-5-4-6-14(15)16/h4-11H,12-13H2,1-3H3,(H,20,24). The lowest BCUT2D eigenvalue weighted by Crippen LogP contribution is -2.19. The maximum absolute atomic E-state index is 12.5. The molecule has 25 heavy (non-hydrogen) atoms. The molecule has 0 spiro atoms.